The minimum atomic E-state index is 0.634. The summed E-state index contributed by atoms with van der Waals surface area (Å²) in [5.41, 5.74) is 1.93. The Morgan fingerprint density at radius 1 is 0.833 bits per heavy atom. The lowest BCUT2D eigenvalue weighted by molar-refractivity contribution is 0.571. The summed E-state index contributed by atoms with van der Waals surface area (Å²) < 4.78 is 0. The summed E-state index contributed by atoms with van der Waals surface area (Å²) in [7, 11) is 0. The van der Waals surface area contributed by atoms with E-state index < -0.39 is 0 Å². The van der Waals surface area contributed by atoms with Gasteiger partial charge >= 0.3 is 0 Å². The first-order chi connectivity index (χ1) is 5.91. The molecule has 0 radical (unpaired) electrons. The van der Waals surface area contributed by atoms with Gasteiger partial charge in [0.2, 0.25) is 0 Å². The lowest BCUT2D eigenvalue weighted by Gasteiger charge is -2.05. The van der Waals surface area contributed by atoms with E-state index in [0.29, 0.717) is 6.54 Å². The van der Waals surface area contributed by atoms with Crippen LogP contribution in [0.25, 0.3) is 0 Å². The van der Waals surface area contributed by atoms with Crippen LogP contribution in [0.2, 0.25) is 0 Å². The first-order valence-corrected chi connectivity index (χ1v) is 5.26. The third kappa shape index (κ3) is 9.92. The standard InChI is InChI=1S/C10H22NO/c1-2-3-4-5-6-7-8-9-10-11-12/h11H,2-10H2,1H3/q-1. The lowest BCUT2D eigenvalue weighted by Crippen LogP contribution is -2.04. The van der Waals surface area contributed by atoms with E-state index in [1.54, 1.807) is 0 Å². The van der Waals surface area contributed by atoms with Crippen LogP contribution in [-0.2, 0) is 0 Å². The van der Waals surface area contributed by atoms with Crippen molar-refractivity contribution in [3.63, 3.8) is 0 Å². The van der Waals surface area contributed by atoms with Crippen molar-refractivity contribution in [3.05, 3.63) is 5.21 Å². The molecule has 0 unspecified atom stereocenters. The topological polar surface area (TPSA) is 35.1 Å². The fourth-order valence-electron chi connectivity index (χ4n) is 1.33. The molecule has 0 aromatic heterocycles. The quantitative estimate of drug-likeness (QED) is 0.428. The van der Waals surface area contributed by atoms with Gasteiger partial charge < -0.3 is 10.7 Å². The maximum Gasteiger partial charge on any atom is -0.0170 e. The molecule has 0 saturated heterocycles. The molecule has 0 aliphatic carbocycles. The molecule has 0 rings (SSSR count). The predicted octanol–water partition coefficient (Wildman–Crippen LogP) is 3.21. The van der Waals surface area contributed by atoms with E-state index in [4.69, 9.17) is 0 Å². The Bertz CT molecular complexity index is 66.2. The fraction of sp³-hybridized carbons (Fsp3) is 1.00. The number of rotatable bonds is 9. The Balaban J connectivity index is 2.73. The number of hydroxylamine groups is 1. The summed E-state index contributed by atoms with van der Waals surface area (Å²) in [6, 6.07) is 0. The van der Waals surface area contributed by atoms with E-state index in [0.717, 1.165) is 6.42 Å². The fourth-order valence-corrected chi connectivity index (χ4v) is 1.33. The summed E-state index contributed by atoms with van der Waals surface area (Å²) in [5, 5.41) is 9.85. The van der Waals surface area contributed by atoms with Crippen LogP contribution in [0, 0.1) is 5.21 Å². The molecule has 0 atom stereocenters. The number of hydrogen-bond donors (Lipinski definition) is 1. The predicted molar refractivity (Wildman–Crippen MR) is 54.0 cm³/mol. The van der Waals surface area contributed by atoms with E-state index >= 15 is 0 Å². The Labute approximate surface area is 76.3 Å². The molecule has 0 aliphatic heterocycles. The lowest BCUT2D eigenvalue weighted by atomic mass is 10.1. The molecule has 2 heteroatoms. The molecule has 0 spiro atoms. The highest BCUT2D eigenvalue weighted by atomic mass is 16.5. The Morgan fingerprint density at radius 3 is 1.83 bits per heavy atom. The highest BCUT2D eigenvalue weighted by Gasteiger charge is 1.89. The third-order valence-electron chi connectivity index (χ3n) is 2.13. The Kier molecular flexibility index (Phi) is 10.8. The van der Waals surface area contributed by atoms with Gasteiger partial charge in [-0.25, -0.2) is 0 Å². The van der Waals surface area contributed by atoms with Gasteiger partial charge in [0.25, 0.3) is 0 Å². The van der Waals surface area contributed by atoms with Gasteiger partial charge in [0.15, 0.2) is 0 Å². The van der Waals surface area contributed by atoms with Crippen LogP contribution in [0.15, 0.2) is 0 Å². The summed E-state index contributed by atoms with van der Waals surface area (Å²) in [4.78, 5) is 0. The molecule has 0 aliphatic rings. The monoisotopic (exact) mass is 172 g/mol. The van der Waals surface area contributed by atoms with Gasteiger partial charge in [-0.15, -0.1) is 0 Å². The Hall–Kier alpha value is -0.0800. The molecule has 0 fully saturated rings. The zero-order valence-electron chi connectivity index (χ0n) is 8.27. The van der Waals surface area contributed by atoms with Crippen LogP contribution >= 0.6 is 0 Å². The van der Waals surface area contributed by atoms with E-state index in [9.17, 15) is 5.21 Å². The second kappa shape index (κ2) is 10.9. The van der Waals surface area contributed by atoms with E-state index in [1.807, 2.05) is 5.48 Å². The molecule has 2 nitrogen and oxygen atoms in total. The largest absolute Gasteiger partial charge is 0.788 e. The zero-order valence-corrected chi connectivity index (χ0v) is 8.27. The van der Waals surface area contributed by atoms with Crippen LogP contribution in [0.3, 0.4) is 0 Å². The summed E-state index contributed by atoms with van der Waals surface area (Å²) in [6.45, 7) is 2.87. The van der Waals surface area contributed by atoms with Crippen LogP contribution in [0.4, 0.5) is 0 Å². The van der Waals surface area contributed by atoms with Crippen molar-refractivity contribution in [2.24, 2.45) is 0 Å². The van der Waals surface area contributed by atoms with Gasteiger partial charge in [-0.2, -0.15) is 0 Å². The highest BCUT2D eigenvalue weighted by molar-refractivity contribution is 4.48. The van der Waals surface area contributed by atoms with E-state index in [1.165, 1.54) is 44.9 Å². The normalized spacial score (nSPS) is 10.5. The molecule has 0 bridgehead atoms. The second-order valence-corrected chi connectivity index (χ2v) is 3.37. The van der Waals surface area contributed by atoms with E-state index in [-0.39, 0.29) is 0 Å². The van der Waals surface area contributed by atoms with Crippen LogP contribution in [0.5, 0.6) is 0 Å². The van der Waals surface area contributed by atoms with Gasteiger partial charge in [-0.05, 0) is 13.0 Å². The summed E-state index contributed by atoms with van der Waals surface area (Å²) in [5.74, 6) is 0. The van der Waals surface area contributed by atoms with Gasteiger partial charge in [0.1, 0.15) is 0 Å². The van der Waals surface area contributed by atoms with Gasteiger partial charge in [-0.3, -0.25) is 0 Å². The number of unbranched alkanes of at least 4 members (excludes halogenated alkanes) is 7. The molecule has 0 aromatic rings. The molecule has 0 amide bonds. The molecule has 0 heterocycles. The van der Waals surface area contributed by atoms with Crippen molar-refractivity contribution in [3.8, 4) is 0 Å². The first kappa shape index (κ1) is 11.9. The zero-order chi connectivity index (χ0) is 9.07. The summed E-state index contributed by atoms with van der Waals surface area (Å²) >= 11 is 0. The molecule has 0 aromatic carbocycles. The Morgan fingerprint density at radius 2 is 1.33 bits per heavy atom. The van der Waals surface area contributed by atoms with Crippen molar-refractivity contribution in [2.45, 2.75) is 58.3 Å². The highest BCUT2D eigenvalue weighted by Crippen LogP contribution is 2.07. The number of hydrogen-bond acceptors (Lipinski definition) is 2. The molecular weight excluding hydrogens is 150 g/mol. The minimum absolute atomic E-state index is 0.634. The average Bonchev–Trinajstić information content (AvgIpc) is 2.10. The molecule has 74 valence electrons. The second-order valence-electron chi connectivity index (χ2n) is 3.37. The molecule has 12 heavy (non-hydrogen) atoms. The van der Waals surface area contributed by atoms with Crippen LogP contribution < -0.4 is 5.48 Å². The van der Waals surface area contributed by atoms with Gasteiger partial charge in [0, 0.05) is 0 Å². The van der Waals surface area contributed by atoms with Crippen LogP contribution in [-0.4, -0.2) is 6.54 Å². The van der Waals surface area contributed by atoms with Gasteiger partial charge in [-0.1, -0.05) is 51.9 Å². The maximum atomic E-state index is 9.85. The minimum Gasteiger partial charge on any atom is -0.788 e. The van der Waals surface area contributed by atoms with Crippen molar-refractivity contribution in [1.29, 1.82) is 0 Å². The average molecular weight is 172 g/mol. The van der Waals surface area contributed by atoms with Crippen molar-refractivity contribution >= 4 is 0 Å². The summed E-state index contributed by atoms with van der Waals surface area (Å²) in [6.07, 6.45) is 10.3. The van der Waals surface area contributed by atoms with Crippen molar-refractivity contribution in [1.82, 2.24) is 5.48 Å². The van der Waals surface area contributed by atoms with Crippen molar-refractivity contribution < 1.29 is 0 Å². The number of nitrogens with one attached hydrogen (secondary N) is 1. The SMILES string of the molecule is CCCCCCCCCCN[O-]. The van der Waals surface area contributed by atoms with E-state index in [2.05, 4.69) is 6.92 Å². The maximum absolute atomic E-state index is 9.85. The van der Waals surface area contributed by atoms with Crippen LogP contribution in [0.1, 0.15) is 58.3 Å². The van der Waals surface area contributed by atoms with Gasteiger partial charge in [0.05, 0.1) is 0 Å². The van der Waals surface area contributed by atoms with Crippen molar-refractivity contribution in [2.75, 3.05) is 6.54 Å². The molecule has 1 N–H and O–H groups in total. The third-order valence-corrected chi connectivity index (χ3v) is 2.13. The first-order valence-electron chi connectivity index (χ1n) is 5.26. The molecular formula is C10H22NO-. The molecule has 0 saturated carbocycles. The smallest absolute Gasteiger partial charge is 0.0170 e.